The van der Waals surface area contributed by atoms with Crippen LogP contribution in [0.15, 0.2) is 6.20 Å². The maximum absolute atomic E-state index is 5.58. The van der Waals surface area contributed by atoms with Crippen molar-refractivity contribution < 1.29 is 4.74 Å². The Bertz CT molecular complexity index is 469. The SMILES string of the molecule is CCOc1nc(N)cn2nc(C)nc12.Cl. The molecule has 6 nitrogen and oxygen atoms in total. The first-order valence-corrected chi connectivity index (χ1v) is 4.33. The van der Waals surface area contributed by atoms with E-state index in [9.17, 15) is 0 Å². The van der Waals surface area contributed by atoms with Crippen molar-refractivity contribution in [2.75, 3.05) is 12.3 Å². The summed E-state index contributed by atoms with van der Waals surface area (Å²) in [5.41, 5.74) is 6.18. The van der Waals surface area contributed by atoms with E-state index >= 15 is 0 Å². The number of anilines is 1. The Morgan fingerprint density at radius 2 is 2.20 bits per heavy atom. The van der Waals surface area contributed by atoms with Gasteiger partial charge in [0, 0.05) is 0 Å². The predicted molar refractivity (Wildman–Crippen MR) is 58.3 cm³/mol. The minimum atomic E-state index is 0. The van der Waals surface area contributed by atoms with Gasteiger partial charge in [0.1, 0.15) is 11.6 Å². The summed E-state index contributed by atoms with van der Waals surface area (Å²) in [6.45, 7) is 4.21. The summed E-state index contributed by atoms with van der Waals surface area (Å²) in [4.78, 5) is 8.22. The number of nitrogens with zero attached hydrogens (tertiary/aromatic N) is 4. The zero-order chi connectivity index (χ0) is 10.1. The summed E-state index contributed by atoms with van der Waals surface area (Å²) >= 11 is 0. The maximum atomic E-state index is 5.58. The van der Waals surface area contributed by atoms with Gasteiger partial charge in [0.15, 0.2) is 0 Å². The van der Waals surface area contributed by atoms with Gasteiger partial charge in [0.25, 0.3) is 5.88 Å². The number of ether oxygens (including phenoxy) is 1. The summed E-state index contributed by atoms with van der Waals surface area (Å²) in [6.07, 6.45) is 1.61. The Kier molecular flexibility index (Phi) is 3.31. The molecule has 0 atom stereocenters. The first kappa shape index (κ1) is 11.5. The molecule has 0 fully saturated rings. The highest BCUT2D eigenvalue weighted by Crippen LogP contribution is 2.16. The molecule has 2 N–H and O–H groups in total. The van der Waals surface area contributed by atoms with Crippen LogP contribution in [0.4, 0.5) is 5.82 Å². The van der Waals surface area contributed by atoms with E-state index in [-0.39, 0.29) is 12.4 Å². The van der Waals surface area contributed by atoms with E-state index in [1.807, 2.05) is 6.92 Å². The number of aryl methyl sites for hydroxylation is 1. The first-order chi connectivity index (χ1) is 6.70. The third kappa shape index (κ3) is 2.10. The fourth-order valence-corrected chi connectivity index (χ4v) is 1.22. The number of nitrogen functional groups attached to an aromatic ring is 1. The Morgan fingerprint density at radius 1 is 1.47 bits per heavy atom. The molecule has 0 aliphatic carbocycles. The van der Waals surface area contributed by atoms with Crippen molar-refractivity contribution >= 4 is 23.9 Å². The minimum Gasteiger partial charge on any atom is -0.475 e. The zero-order valence-electron chi connectivity index (χ0n) is 8.47. The molecule has 0 aromatic carbocycles. The molecule has 2 aromatic heterocycles. The van der Waals surface area contributed by atoms with E-state index in [0.29, 0.717) is 29.8 Å². The van der Waals surface area contributed by atoms with Crippen molar-refractivity contribution in [3.63, 3.8) is 0 Å². The lowest BCUT2D eigenvalue weighted by Crippen LogP contribution is -2.02. The minimum absolute atomic E-state index is 0. The van der Waals surface area contributed by atoms with Crippen LogP contribution in [0.5, 0.6) is 5.88 Å². The molecule has 2 rings (SSSR count). The topological polar surface area (TPSA) is 78.3 Å². The van der Waals surface area contributed by atoms with E-state index in [0.717, 1.165) is 0 Å². The Labute approximate surface area is 92.9 Å². The van der Waals surface area contributed by atoms with Crippen LogP contribution in [0, 0.1) is 6.92 Å². The van der Waals surface area contributed by atoms with E-state index in [1.54, 1.807) is 17.6 Å². The summed E-state index contributed by atoms with van der Waals surface area (Å²) in [5, 5.41) is 4.12. The van der Waals surface area contributed by atoms with Gasteiger partial charge in [-0.2, -0.15) is 10.1 Å². The molecule has 0 amide bonds. The van der Waals surface area contributed by atoms with Crippen LogP contribution in [0.1, 0.15) is 12.7 Å². The molecule has 15 heavy (non-hydrogen) atoms. The molecule has 0 saturated heterocycles. The lowest BCUT2D eigenvalue weighted by atomic mass is 10.6. The van der Waals surface area contributed by atoms with Gasteiger partial charge >= 0.3 is 0 Å². The highest BCUT2D eigenvalue weighted by Gasteiger charge is 2.09. The molecule has 0 saturated carbocycles. The summed E-state index contributed by atoms with van der Waals surface area (Å²) in [7, 11) is 0. The van der Waals surface area contributed by atoms with Crippen molar-refractivity contribution in [3.05, 3.63) is 12.0 Å². The van der Waals surface area contributed by atoms with Crippen molar-refractivity contribution in [2.45, 2.75) is 13.8 Å². The van der Waals surface area contributed by atoms with Gasteiger partial charge in [-0.1, -0.05) is 0 Å². The van der Waals surface area contributed by atoms with Crippen LogP contribution < -0.4 is 10.5 Å². The molecule has 7 heteroatoms. The molecule has 0 bridgehead atoms. The second kappa shape index (κ2) is 4.31. The molecular formula is C8H12ClN5O. The second-order valence-electron chi connectivity index (χ2n) is 2.83. The molecule has 0 unspecified atom stereocenters. The monoisotopic (exact) mass is 229 g/mol. The standard InChI is InChI=1S/C8H11N5O.ClH/c1-3-14-8-7-10-5(2)12-13(7)4-6(9)11-8;/h4H,3,9H2,1-2H3;1H. The lowest BCUT2D eigenvalue weighted by molar-refractivity contribution is 0.329. The number of hydrogen-bond acceptors (Lipinski definition) is 5. The molecule has 82 valence electrons. The van der Waals surface area contributed by atoms with Crippen LogP contribution >= 0.6 is 12.4 Å². The average Bonchev–Trinajstić information content (AvgIpc) is 2.45. The van der Waals surface area contributed by atoms with E-state index in [4.69, 9.17) is 10.5 Å². The highest BCUT2D eigenvalue weighted by atomic mass is 35.5. The van der Waals surface area contributed by atoms with Crippen LogP contribution in [-0.2, 0) is 0 Å². The predicted octanol–water partition coefficient (Wildman–Crippen LogP) is 0.835. The molecule has 0 aliphatic rings. The number of fused-ring (bicyclic) bond motifs is 1. The van der Waals surface area contributed by atoms with Crippen LogP contribution in [-0.4, -0.2) is 26.2 Å². The fraction of sp³-hybridized carbons (Fsp3) is 0.375. The molecule has 0 radical (unpaired) electrons. The number of halogens is 1. The van der Waals surface area contributed by atoms with Gasteiger partial charge in [-0.15, -0.1) is 12.4 Å². The Morgan fingerprint density at radius 3 is 2.87 bits per heavy atom. The quantitative estimate of drug-likeness (QED) is 0.826. The molecule has 2 aromatic rings. The van der Waals surface area contributed by atoms with Gasteiger partial charge in [0.2, 0.25) is 5.65 Å². The third-order valence-corrected chi connectivity index (χ3v) is 1.69. The third-order valence-electron chi connectivity index (χ3n) is 1.69. The lowest BCUT2D eigenvalue weighted by Gasteiger charge is -2.03. The van der Waals surface area contributed by atoms with Crippen molar-refractivity contribution in [3.8, 4) is 5.88 Å². The highest BCUT2D eigenvalue weighted by molar-refractivity contribution is 5.85. The number of rotatable bonds is 2. The molecular weight excluding hydrogens is 218 g/mol. The molecule has 0 spiro atoms. The molecule has 2 heterocycles. The molecule has 0 aliphatic heterocycles. The van der Waals surface area contributed by atoms with Gasteiger partial charge in [-0.25, -0.2) is 9.50 Å². The normalized spacial score (nSPS) is 10.0. The summed E-state index contributed by atoms with van der Waals surface area (Å²) < 4.78 is 6.87. The van der Waals surface area contributed by atoms with Crippen LogP contribution in [0.25, 0.3) is 5.65 Å². The number of nitrogens with two attached hydrogens (primary N) is 1. The van der Waals surface area contributed by atoms with Crippen LogP contribution in [0.3, 0.4) is 0 Å². The first-order valence-electron chi connectivity index (χ1n) is 4.33. The van der Waals surface area contributed by atoms with E-state index in [1.165, 1.54) is 0 Å². The van der Waals surface area contributed by atoms with Crippen LogP contribution in [0.2, 0.25) is 0 Å². The van der Waals surface area contributed by atoms with Crippen molar-refractivity contribution in [1.82, 2.24) is 19.6 Å². The van der Waals surface area contributed by atoms with Gasteiger partial charge in [-0.05, 0) is 13.8 Å². The van der Waals surface area contributed by atoms with Crippen molar-refractivity contribution in [2.24, 2.45) is 0 Å². The number of hydrogen-bond donors (Lipinski definition) is 1. The van der Waals surface area contributed by atoms with Crippen molar-refractivity contribution in [1.29, 1.82) is 0 Å². The largest absolute Gasteiger partial charge is 0.475 e. The second-order valence-corrected chi connectivity index (χ2v) is 2.83. The summed E-state index contributed by atoms with van der Waals surface area (Å²) in [5.74, 6) is 1.46. The smallest absolute Gasteiger partial charge is 0.261 e. The average molecular weight is 230 g/mol. The van der Waals surface area contributed by atoms with Gasteiger partial charge in [0.05, 0.1) is 12.8 Å². The summed E-state index contributed by atoms with van der Waals surface area (Å²) in [6, 6.07) is 0. The van der Waals surface area contributed by atoms with Gasteiger partial charge < -0.3 is 10.5 Å². The van der Waals surface area contributed by atoms with E-state index < -0.39 is 0 Å². The fourth-order valence-electron chi connectivity index (χ4n) is 1.22. The van der Waals surface area contributed by atoms with Gasteiger partial charge in [-0.3, -0.25) is 0 Å². The maximum Gasteiger partial charge on any atom is 0.261 e. The van der Waals surface area contributed by atoms with E-state index in [2.05, 4.69) is 15.1 Å². The Hall–Kier alpha value is -1.56. The zero-order valence-corrected chi connectivity index (χ0v) is 9.28. The Balaban J connectivity index is 0.00000112. The number of aromatic nitrogens is 4.